The Balaban J connectivity index is 1.63. The van der Waals surface area contributed by atoms with Crippen LogP contribution in [0.2, 0.25) is 0 Å². The van der Waals surface area contributed by atoms with Gasteiger partial charge in [-0.05, 0) is 49.4 Å². The Bertz CT molecular complexity index is 1300. The second kappa shape index (κ2) is 9.14. The summed E-state index contributed by atoms with van der Waals surface area (Å²) >= 11 is 0. The van der Waals surface area contributed by atoms with Crippen LogP contribution in [-0.4, -0.2) is 41.3 Å². The average Bonchev–Trinajstić information content (AvgIpc) is 3.19. The molecule has 3 N–H and O–H groups in total. The van der Waals surface area contributed by atoms with Crippen molar-refractivity contribution >= 4 is 23.5 Å². The number of fused-ring (bicyclic) bond motifs is 1. The van der Waals surface area contributed by atoms with E-state index in [1.807, 2.05) is 13.0 Å². The lowest BCUT2D eigenvalue weighted by Gasteiger charge is -2.15. The van der Waals surface area contributed by atoms with Crippen molar-refractivity contribution in [1.82, 2.24) is 0 Å². The normalized spacial score (nSPS) is 14.0. The molecule has 1 atom stereocenters. The van der Waals surface area contributed by atoms with Crippen LogP contribution in [0, 0.1) is 0 Å². The Morgan fingerprint density at radius 3 is 2.35 bits per heavy atom. The van der Waals surface area contributed by atoms with Gasteiger partial charge in [0.15, 0.2) is 5.75 Å². The van der Waals surface area contributed by atoms with Gasteiger partial charge in [-0.2, -0.15) is 0 Å². The van der Waals surface area contributed by atoms with Gasteiger partial charge in [-0.15, -0.1) is 0 Å². The molecule has 0 bridgehead atoms. The lowest BCUT2D eigenvalue weighted by atomic mass is 10.1. The highest BCUT2D eigenvalue weighted by Crippen LogP contribution is 2.37. The summed E-state index contributed by atoms with van der Waals surface area (Å²) in [6, 6.07) is 13.7. The van der Waals surface area contributed by atoms with Gasteiger partial charge in [0.2, 0.25) is 0 Å². The van der Waals surface area contributed by atoms with E-state index in [0.29, 0.717) is 29.2 Å². The first kappa shape index (κ1) is 22.7. The molecule has 0 aromatic heterocycles. The summed E-state index contributed by atoms with van der Waals surface area (Å²) in [7, 11) is 1.52. The molecule has 0 spiro atoms. The van der Waals surface area contributed by atoms with Crippen molar-refractivity contribution in [2.75, 3.05) is 12.4 Å². The van der Waals surface area contributed by atoms with Gasteiger partial charge >= 0.3 is 11.9 Å². The number of aromatic carboxylic acids is 2. The smallest absolute Gasteiger partial charge is 0.336 e. The van der Waals surface area contributed by atoms with Crippen molar-refractivity contribution in [2.45, 2.75) is 19.4 Å². The van der Waals surface area contributed by atoms with E-state index in [2.05, 4.69) is 5.32 Å². The minimum atomic E-state index is -1.40. The number of anilines is 1. The third-order valence-electron chi connectivity index (χ3n) is 5.26. The Labute approximate surface area is 194 Å². The van der Waals surface area contributed by atoms with E-state index in [-0.39, 0.29) is 23.2 Å². The maximum absolute atomic E-state index is 13.2. The Kier molecular flexibility index (Phi) is 6.09. The molecule has 1 heterocycles. The third-order valence-corrected chi connectivity index (χ3v) is 5.26. The lowest BCUT2D eigenvalue weighted by Crippen LogP contribution is -2.15. The van der Waals surface area contributed by atoms with Crippen molar-refractivity contribution in [2.24, 2.45) is 0 Å². The predicted molar refractivity (Wildman–Crippen MR) is 122 cm³/mol. The monoisotopic (exact) mass is 463 g/mol. The molecule has 4 rings (SSSR count). The molecule has 1 unspecified atom stereocenters. The highest BCUT2D eigenvalue weighted by molar-refractivity contribution is 6.07. The molecule has 9 heteroatoms. The van der Waals surface area contributed by atoms with Crippen LogP contribution >= 0.6 is 0 Å². The quantitative estimate of drug-likeness (QED) is 0.468. The molecule has 1 aliphatic rings. The fourth-order valence-electron chi connectivity index (χ4n) is 3.72. The second-order valence-electron chi connectivity index (χ2n) is 7.67. The number of carboxylic acids is 2. The molecule has 34 heavy (non-hydrogen) atoms. The van der Waals surface area contributed by atoms with Crippen LogP contribution in [0.15, 0.2) is 54.6 Å². The number of carboxylic acid groups (broad SMARTS) is 2. The number of benzene rings is 3. The van der Waals surface area contributed by atoms with Gasteiger partial charge in [-0.25, -0.2) is 9.59 Å². The van der Waals surface area contributed by atoms with Gasteiger partial charge < -0.3 is 29.7 Å². The first-order valence-electron chi connectivity index (χ1n) is 10.3. The van der Waals surface area contributed by atoms with Crippen LogP contribution in [0.25, 0.3) is 0 Å². The number of hydrogen-bond acceptors (Lipinski definition) is 6. The molecule has 9 nitrogen and oxygen atoms in total. The molecule has 0 saturated carbocycles. The molecule has 174 valence electrons. The zero-order chi connectivity index (χ0) is 24.4. The van der Waals surface area contributed by atoms with Gasteiger partial charge in [-0.3, -0.25) is 4.79 Å². The van der Waals surface area contributed by atoms with Crippen LogP contribution in [0.1, 0.15) is 43.6 Å². The maximum Gasteiger partial charge on any atom is 0.336 e. The topological polar surface area (TPSA) is 131 Å². The number of para-hydroxylation sites is 2. The van der Waals surface area contributed by atoms with E-state index in [4.69, 9.17) is 14.2 Å². The Morgan fingerprint density at radius 1 is 0.941 bits per heavy atom. The molecule has 0 fully saturated rings. The summed E-state index contributed by atoms with van der Waals surface area (Å²) < 4.78 is 17.0. The van der Waals surface area contributed by atoms with Crippen molar-refractivity contribution in [3.63, 3.8) is 0 Å². The summed E-state index contributed by atoms with van der Waals surface area (Å²) in [6.45, 7) is 1.91. The van der Waals surface area contributed by atoms with Crippen LogP contribution in [0.5, 0.6) is 23.0 Å². The molecule has 3 aromatic carbocycles. The maximum atomic E-state index is 13.2. The van der Waals surface area contributed by atoms with Gasteiger partial charge in [0.1, 0.15) is 23.4 Å². The van der Waals surface area contributed by atoms with Gasteiger partial charge in [0.25, 0.3) is 5.91 Å². The fourth-order valence-corrected chi connectivity index (χ4v) is 3.72. The molecule has 1 aliphatic heterocycles. The lowest BCUT2D eigenvalue weighted by molar-refractivity contribution is 0.0651. The molecular formula is C25H21NO8. The standard InChI is InChI=1S/C25H21NO8/c1-13-9-14-10-16(32-2)12-19(22(14)33-13)23(27)26-20-5-3-4-6-21(20)34-15-7-8-17(24(28)29)18(11-15)25(30)31/h3-8,10-13H,9H2,1-2H3,(H,26,27)(H,28,29)(H,30,31). The molecule has 0 aliphatic carbocycles. The number of ether oxygens (including phenoxy) is 3. The van der Waals surface area contributed by atoms with Gasteiger partial charge in [0, 0.05) is 12.0 Å². The number of methoxy groups -OCH3 is 1. The molecule has 3 aromatic rings. The minimum absolute atomic E-state index is 0.0681. The van der Waals surface area contributed by atoms with E-state index in [0.717, 1.165) is 17.7 Å². The van der Waals surface area contributed by atoms with E-state index in [9.17, 15) is 24.6 Å². The zero-order valence-electron chi connectivity index (χ0n) is 18.3. The summed E-state index contributed by atoms with van der Waals surface area (Å²) in [5.41, 5.74) is 0.746. The van der Waals surface area contributed by atoms with Crippen molar-refractivity contribution in [1.29, 1.82) is 0 Å². The van der Waals surface area contributed by atoms with Gasteiger partial charge in [-0.1, -0.05) is 12.1 Å². The van der Waals surface area contributed by atoms with E-state index >= 15 is 0 Å². The van der Waals surface area contributed by atoms with Crippen molar-refractivity contribution in [3.05, 3.63) is 76.9 Å². The van der Waals surface area contributed by atoms with E-state index in [1.165, 1.54) is 13.2 Å². The first-order chi connectivity index (χ1) is 16.3. The fraction of sp³-hybridized carbons (Fsp3) is 0.160. The minimum Gasteiger partial charge on any atom is -0.497 e. The number of carbonyl (C=O) groups is 3. The van der Waals surface area contributed by atoms with Crippen molar-refractivity contribution in [3.8, 4) is 23.0 Å². The number of carbonyl (C=O) groups excluding carboxylic acids is 1. The van der Waals surface area contributed by atoms with E-state index in [1.54, 1.807) is 30.3 Å². The highest BCUT2D eigenvalue weighted by Gasteiger charge is 2.27. The van der Waals surface area contributed by atoms with Crippen LogP contribution in [0.3, 0.4) is 0 Å². The molecule has 1 amide bonds. The summed E-state index contributed by atoms with van der Waals surface area (Å²) in [4.78, 5) is 35.9. The second-order valence-corrected chi connectivity index (χ2v) is 7.67. The third kappa shape index (κ3) is 4.49. The predicted octanol–water partition coefficient (Wildman–Crippen LogP) is 4.46. The number of nitrogens with one attached hydrogen (secondary N) is 1. The highest BCUT2D eigenvalue weighted by atomic mass is 16.5. The summed E-state index contributed by atoms with van der Waals surface area (Å²) in [5, 5.41) is 21.3. The summed E-state index contributed by atoms with van der Waals surface area (Å²) in [6.07, 6.45) is 0.589. The SMILES string of the molecule is COc1cc2c(c(C(=O)Nc3ccccc3Oc3ccc(C(=O)O)c(C(=O)O)c3)c1)OC(C)C2. The Hall–Kier alpha value is -4.53. The Morgan fingerprint density at radius 2 is 1.65 bits per heavy atom. The van der Waals surface area contributed by atoms with Crippen LogP contribution < -0.4 is 19.5 Å². The van der Waals surface area contributed by atoms with E-state index < -0.39 is 23.4 Å². The number of rotatable bonds is 7. The first-order valence-corrected chi connectivity index (χ1v) is 10.3. The zero-order valence-corrected chi connectivity index (χ0v) is 18.3. The average molecular weight is 463 g/mol. The largest absolute Gasteiger partial charge is 0.497 e. The molecule has 0 saturated heterocycles. The van der Waals surface area contributed by atoms with Crippen LogP contribution in [0.4, 0.5) is 5.69 Å². The summed E-state index contributed by atoms with van der Waals surface area (Å²) in [5.74, 6) is -1.82. The van der Waals surface area contributed by atoms with Crippen LogP contribution in [-0.2, 0) is 6.42 Å². The number of amides is 1. The van der Waals surface area contributed by atoms with Crippen molar-refractivity contribution < 1.29 is 38.8 Å². The molecule has 0 radical (unpaired) electrons. The van der Waals surface area contributed by atoms with Gasteiger partial charge in [0.05, 0.1) is 29.5 Å². The molecular weight excluding hydrogens is 442 g/mol. The number of hydrogen-bond donors (Lipinski definition) is 3.